The molecular formula is C11H15F2NO. The molecule has 2 nitrogen and oxygen atoms in total. The first-order valence-corrected chi connectivity index (χ1v) is 4.81. The van der Waals surface area contributed by atoms with Crippen LogP contribution in [-0.4, -0.2) is 19.1 Å². The van der Waals surface area contributed by atoms with E-state index in [0.29, 0.717) is 12.3 Å². The molecule has 0 spiro atoms. The number of halogens is 2. The molecule has 15 heavy (non-hydrogen) atoms. The Hall–Kier alpha value is -1.16. The van der Waals surface area contributed by atoms with E-state index in [0.717, 1.165) is 18.9 Å². The Kier molecular flexibility index (Phi) is 4.03. The van der Waals surface area contributed by atoms with Crippen molar-refractivity contribution in [2.24, 2.45) is 5.73 Å². The van der Waals surface area contributed by atoms with E-state index in [1.165, 1.54) is 0 Å². The van der Waals surface area contributed by atoms with Crippen molar-refractivity contribution >= 4 is 0 Å². The van der Waals surface area contributed by atoms with Gasteiger partial charge >= 0.3 is 0 Å². The van der Waals surface area contributed by atoms with Crippen molar-refractivity contribution in [2.75, 3.05) is 13.2 Å². The fraction of sp³-hybridized carbons (Fsp3) is 0.455. The van der Waals surface area contributed by atoms with Crippen molar-refractivity contribution < 1.29 is 13.5 Å². The molecule has 84 valence electrons. The van der Waals surface area contributed by atoms with Gasteiger partial charge in [-0.15, -0.1) is 0 Å². The first kappa shape index (κ1) is 11.9. The summed E-state index contributed by atoms with van der Waals surface area (Å²) in [6.07, 6.45) is 0.722. The molecular weight excluding hydrogens is 200 g/mol. The van der Waals surface area contributed by atoms with Crippen LogP contribution in [-0.2, 0) is 6.42 Å². The lowest BCUT2D eigenvalue weighted by molar-refractivity contribution is -0.0229. The third kappa shape index (κ3) is 4.74. The molecule has 0 saturated carbocycles. The summed E-state index contributed by atoms with van der Waals surface area (Å²) < 4.78 is 30.0. The fourth-order valence-corrected chi connectivity index (χ4v) is 1.17. The second-order valence-corrected chi connectivity index (χ2v) is 3.54. The topological polar surface area (TPSA) is 35.2 Å². The van der Waals surface area contributed by atoms with Crippen molar-refractivity contribution in [2.45, 2.75) is 19.3 Å². The summed E-state index contributed by atoms with van der Waals surface area (Å²) in [5.41, 5.74) is 6.39. The van der Waals surface area contributed by atoms with Gasteiger partial charge in [0.05, 0.1) is 0 Å². The summed E-state index contributed by atoms with van der Waals surface area (Å²) in [6.45, 7) is 0.767. The zero-order chi connectivity index (χ0) is 11.3. The molecule has 1 aromatic carbocycles. The van der Waals surface area contributed by atoms with E-state index in [1.807, 2.05) is 6.07 Å². The third-order valence-corrected chi connectivity index (χ3v) is 1.82. The maximum Gasteiger partial charge on any atom is 0.278 e. The average molecular weight is 215 g/mol. The van der Waals surface area contributed by atoms with E-state index in [9.17, 15) is 8.78 Å². The van der Waals surface area contributed by atoms with Gasteiger partial charge in [0.15, 0.2) is 6.61 Å². The Morgan fingerprint density at radius 3 is 2.73 bits per heavy atom. The number of hydrogen-bond donors (Lipinski definition) is 1. The Balaban J connectivity index is 2.57. The number of nitrogens with two attached hydrogens (primary N) is 1. The van der Waals surface area contributed by atoms with Gasteiger partial charge in [0, 0.05) is 6.92 Å². The van der Waals surface area contributed by atoms with Crippen molar-refractivity contribution in [3.05, 3.63) is 29.8 Å². The van der Waals surface area contributed by atoms with E-state index < -0.39 is 12.5 Å². The van der Waals surface area contributed by atoms with Crippen LogP contribution in [0.1, 0.15) is 12.5 Å². The van der Waals surface area contributed by atoms with Crippen LogP contribution in [0.2, 0.25) is 0 Å². The van der Waals surface area contributed by atoms with Gasteiger partial charge in [-0.05, 0) is 30.7 Å². The molecule has 0 saturated heterocycles. The predicted octanol–water partition coefficient (Wildman–Crippen LogP) is 2.22. The van der Waals surface area contributed by atoms with Crippen LogP contribution in [0, 0.1) is 0 Å². The van der Waals surface area contributed by atoms with Crippen LogP contribution in [0.5, 0.6) is 5.75 Å². The summed E-state index contributed by atoms with van der Waals surface area (Å²) in [5.74, 6) is -2.34. The third-order valence-electron chi connectivity index (χ3n) is 1.82. The number of benzene rings is 1. The standard InChI is InChI=1S/C11H15F2NO/c1-11(12,13)8-15-10-4-2-3-9(7-10)5-6-14/h2-4,7H,5-6,8,14H2,1H3. The molecule has 0 radical (unpaired) electrons. The lowest BCUT2D eigenvalue weighted by Crippen LogP contribution is -2.20. The van der Waals surface area contributed by atoms with Crippen LogP contribution in [0.4, 0.5) is 8.78 Å². The van der Waals surface area contributed by atoms with Gasteiger partial charge < -0.3 is 10.5 Å². The van der Waals surface area contributed by atoms with Gasteiger partial charge in [0.25, 0.3) is 5.92 Å². The minimum atomic E-state index is -2.80. The second kappa shape index (κ2) is 5.07. The molecule has 2 N–H and O–H groups in total. The quantitative estimate of drug-likeness (QED) is 0.817. The highest BCUT2D eigenvalue weighted by molar-refractivity contribution is 5.28. The van der Waals surface area contributed by atoms with Crippen LogP contribution >= 0.6 is 0 Å². The number of alkyl halides is 2. The van der Waals surface area contributed by atoms with E-state index in [2.05, 4.69) is 0 Å². The molecule has 0 fully saturated rings. The van der Waals surface area contributed by atoms with Crippen molar-refractivity contribution in [3.8, 4) is 5.75 Å². The number of ether oxygens (including phenoxy) is 1. The van der Waals surface area contributed by atoms with Crippen LogP contribution < -0.4 is 10.5 Å². The van der Waals surface area contributed by atoms with Crippen molar-refractivity contribution in [1.29, 1.82) is 0 Å². The van der Waals surface area contributed by atoms with Crippen LogP contribution in [0.3, 0.4) is 0 Å². The molecule has 0 unspecified atom stereocenters. The highest BCUT2D eigenvalue weighted by Crippen LogP contribution is 2.17. The van der Waals surface area contributed by atoms with Gasteiger partial charge in [-0.1, -0.05) is 12.1 Å². The summed E-state index contributed by atoms with van der Waals surface area (Å²) in [5, 5.41) is 0. The number of hydrogen-bond acceptors (Lipinski definition) is 2. The van der Waals surface area contributed by atoms with E-state index in [4.69, 9.17) is 10.5 Å². The van der Waals surface area contributed by atoms with Crippen molar-refractivity contribution in [3.63, 3.8) is 0 Å². The molecule has 0 aliphatic rings. The maximum atomic E-state index is 12.5. The monoisotopic (exact) mass is 215 g/mol. The Bertz CT molecular complexity index is 310. The van der Waals surface area contributed by atoms with Gasteiger partial charge in [-0.25, -0.2) is 8.78 Å². The van der Waals surface area contributed by atoms with Gasteiger partial charge in [-0.2, -0.15) is 0 Å². The van der Waals surface area contributed by atoms with Gasteiger partial charge in [-0.3, -0.25) is 0 Å². The molecule has 0 aromatic heterocycles. The van der Waals surface area contributed by atoms with Gasteiger partial charge in [0.1, 0.15) is 5.75 Å². The second-order valence-electron chi connectivity index (χ2n) is 3.54. The lowest BCUT2D eigenvalue weighted by atomic mass is 10.1. The highest BCUT2D eigenvalue weighted by atomic mass is 19.3. The Morgan fingerprint density at radius 2 is 2.13 bits per heavy atom. The predicted molar refractivity (Wildman–Crippen MR) is 55.3 cm³/mol. The Labute approximate surface area is 88.0 Å². The zero-order valence-electron chi connectivity index (χ0n) is 8.67. The molecule has 0 aliphatic carbocycles. The minimum Gasteiger partial charge on any atom is -0.487 e. The lowest BCUT2D eigenvalue weighted by Gasteiger charge is -2.12. The summed E-state index contributed by atoms with van der Waals surface area (Å²) in [6, 6.07) is 7.06. The summed E-state index contributed by atoms with van der Waals surface area (Å²) in [4.78, 5) is 0. The largest absolute Gasteiger partial charge is 0.487 e. The molecule has 0 aliphatic heterocycles. The summed E-state index contributed by atoms with van der Waals surface area (Å²) in [7, 11) is 0. The van der Waals surface area contributed by atoms with Crippen LogP contribution in [0.15, 0.2) is 24.3 Å². The molecule has 0 heterocycles. The molecule has 1 aromatic rings. The molecule has 0 bridgehead atoms. The normalized spacial score (nSPS) is 11.5. The zero-order valence-corrected chi connectivity index (χ0v) is 8.67. The highest BCUT2D eigenvalue weighted by Gasteiger charge is 2.21. The SMILES string of the molecule is CC(F)(F)COc1cccc(CCN)c1. The first-order valence-electron chi connectivity index (χ1n) is 4.81. The molecule has 0 amide bonds. The van der Waals surface area contributed by atoms with E-state index in [1.54, 1.807) is 18.2 Å². The summed E-state index contributed by atoms with van der Waals surface area (Å²) >= 11 is 0. The van der Waals surface area contributed by atoms with Crippen LogP contribution in [0.25, 0.3) is 0 Å². The molecule has 4 heteroatoms. The maximum absolute atomic E-state index is 12.5. The molecule has 1 rings (SSSR count). The Morgan fingerprint density at radius 1 is 1.40 bits per heavy atom. The van der Waals surface area contributed by atoms with Crippen molar-refractivity contribution in [1.82, 2.24) is 0 Å². The number of rotatable bonds is 5. The first-order chi connectivity index (χ1) is 7.01. The smallest absolute Gasteiger partial charge is 0.278 e. The van der Waals surface area contributed by atoms with E-state index >= 15 is 0 Å². The minimum absolute atomic E-state index is 0.461. The van der Waals surface area contributed by atoms with E-state index in [-0.39, 0.29) is 0 Å². The molecule has 0 atom stereocenters. The fourth-order valence-electron chi connectivity index (χ4n) is 1.17. The van der Waals surface area contributed by atoms with Gasteiger partial charge in [0.2, 0.25) is 0 Å². The average Bonchev–Trinajstić information content (AvgIpc) is 2.15.